The Labute approximate surface area is 173 Å². The highest BCUT2D eigenvalue weighted by molar-refractivity contribution is 7.10. The first-order valence-electron chi connectivity index (χ1n) is 10.2. The van der Waals surface area contributed by atoms with E-state index < -0.39 is 11.6 Å². The SMILES string of the molecule is O=C(CN1C(=O)N[C@]2(CCCc3sccc32)C1=O)N[C@@H]1CCCc2ccccc21. The van der Waals surface area contributed by atoms with Crippen LogP contribution in [0.3, 0.4) is 0 Å². The van der Waals surface area contributed by atoms with Crippen molar-refractivity contribution in [3.8, 4) is 0 Å². The average molecular weight is 410 g/mol. The van der Waals surface area contributed by atoms with Crippen LogP contribution in [0, 0.1) is 0 Å². The molecule has 0 bridgehead atoms. The summed E-state index contributed by atoms with van der Waals surface area (Å²) in [6.45, 7) is -0.245. The number of fused-ring (bicyclic) bond motifs is 3. The van der Waals surface area contributed by atoms with Crippen molar-refractivity contribution in [1.29, 1.82) is 0 Å². The van der Waals surface area contributed by atoms with Gasteiger partial charge in [0.25, 0.3) is 5.91 Å². The zero-order valence-corrected chi connectivity index (χ0v) is 16.9. The zero-order chi connectivity index (χ0) is 20.0. The van der Waals surface area contributed by atoms with Crippen LogP contribution in [-0.4, -0.2) is 29.3 Å². The number of urea groups is 1. The number of benzene rings is 1. The predicted molar refractivity (Wildman–Crippen MR) is 109 cm³/mol. The fourth-order valence-corrected chi connectivity index (χ4v) is 5.97. The Bertz CT molecular complexity index is 1000. The van der Waals surface area contributed by atoms with Crippen LogP contribution in [0.1, 0.15) is 53.3 Å². The molecule has 1 saturated heterocycles. The number of imide groups is 1. The van der Waals surface area contributed by atoms with Crippen molar-refractivity contribution < 1.29 is 14.4 Å². The topological polar surface area (TPSA) is 78.5 Å². The molecule has 7 heteroatoms. The highest BCUT2D eigenvalue weighted by atomic mass is 32.1. The molecule has 29 heavy (non-hydrogen) atoms. The lowest BCUT2D eigenvalue weighted by molar-refractivity contribution is -0.135. The van der Waals surface area contributed by atoms with Gasteiger partial charge in [0, 0.05) is 10.4 Å². The molecule has 1 aromatic carbocycles. The molecular formula is C22H23N3O3S. The van der Waals surface area contributed by atoms with Crippen LogP contribution in [0.2, 0.25) is 0 Å². The average Bonchev–Trinajstić information content (AvgIpc) is 3.29. The van der Waals surface area contributed by atoms with Gasteiger partial charge >= 0.3 is 6.03 Å². The number of carbonyl (C=O) groups is 3. The number of aryl methyl sites for hydroxylation is 2. The number of nitrogens with zero attached hydrogens (tertiary/aromatic N) is 1. The van der Waals surface area contributed by atoms with E-state index in [1.807, 2.05) is 29.6 Å². The third-order valence-electron chi connectivity index (χ3n) is 6.34. The second-order valence-electron chi connectivity index (χ2n) is 8.05. The van der Waals surface area contributed by atoms with E-state index >= 15 is 0 Å². The molecule has 150 valence electrons. The maximum Gasteiger partial charge on any atom is 0.325 e. The van der Waals surface area contributed by atoms with Crippen molar-refractivity contribution in [3.05, 3.63) is 57.3 Å². The Morgan fingerprint density at radius 1 is 1.21 bits per heavy atom. The van der Waals surface area contributed by atoms with Gasteiger partial charge in [-0.3, -0.25) is 14.5 Å². The van der Waals surface area contributed by atoms with Crippen molar-refractivity contribution in [2.75, 3.05) is 6.54 Å². The molecule has 5 rings (SSSR count). The first-order chi connectivity index (χ1) is 14.1. The first kappa shape index (κ1) is 18.4. The molecule has 2 heterocycles. The molecule has 1 spiro atoms. The van der Waals surface area contributed by atoms with Gasteiger partial charge in [0.15, 0.2) is 0 Å². The first-order valence-corrected chi connectivity index (χ1v) is 11.0. The molecule has 1 fully saturated rings. The molecular weight excluding hydrogens is 386 g/mol. The van der Waals surface area contributed by atoms with E-state index in [2.05, 4.69) is 16.7 Å². The fourth-order valence-electron chi connectivity index (χ4n) is 4.97. The number of thiophene rings is 1. The minimum Gasteiger partial charge on any atom is -0.348 e. The standard InChI is InChI=1S/C22H23N3O3S/c26-19(23-17-8-3-6-14-5-1-2-7-15(14)17)13-25-20(27)22(24-21(25)28)11-4-9-18-16(22)10-12-29-18/h1-2,5,7,10,12,17H,3-4,6,8-9,11,13H2,(H,23,26)(H,24,28)/t17-,22+/m1/s1. The Hall–Kier alpha value is -2.67. The van der Waals surface area contributed by atoms with Gasteiger partial charge < -0.3 is 10.6 Å². The number of nitrogens with one attached hydrogen (secondary N) is 2. The van der Waals surface area contributed by atoms with Gasteiger partial charge in [0.2, 0.25) is 5.91 Å². The Balaban J connectivity index is 1.33. The van der Waals surface area contributed by atoms with Crippen LogP contribution < -0.4 is 10.6 Å². The lowest BCUT2D eigenvalue weighted by atomic mass is 9.80. The normalized spacial score (nSPS) is 25.5. The molecule has 2 aliphatic carbocycles. The Morgan fingerprint density at radius 2 is 2.07 bits per heavy atom. The quantitative estimate of drug-likeness (QED) is 0.765. The van der Waals surface area contributed by atoms with Gasteiger partial charge in [-0.05, 0) is 61.1 Å². The molecule has 2 aromatic rings. The predicted octanol–water partition coefficient (Wildman–Crippen LogP) is 3.03. The number of carbonyl (C=O) groups excluding carboxylic acids is 3. The van der Waals surface area contributed by atoms with Crippen molar-refractivity contribution in [2.24, 2.45) is 0 Å². The molecule has 0 unspecified atom stereocenters. The van der Waals surface area contributed by atoms with Gasteiger partial charge in [-0.25, -0.2) is 4.79 Å². The maximum absolute atomic E-state index is 13.2. The zero-order valence-electron chi connectivity index (χ0n) is 16.1. The van der Waals surface area contributed by atoms with Crippen LogP contribution in [-0.2, 0) is 28.0 Å². The summed E-state index contributed by atoms with van der Waals surface area (Å²) >= 11 is 1.62. The third-order valence-corrected chi connectivity index (χ3v) is 7.32. The van der Waals surface area contributed by atoms with Gasteiger partial charge in [-0.1, -0.05) is 24.3 Å². The summed E-state index contributed by atoms with van der Waals surface area (Å²) in [5.41, 5.74) is 2.29. The maximum atomic E-state index is 13.2. The van der Waals surface area contributed by atoms with E-state index in [4.69, 9.17) is 0 Å². The highest BCUT2D eigenvalue weighted by Gasteiger charge is 2.54. The van der Waals surface area contributed by atoms with Gasteiger partial charge in [-0.15, -0.1) is 11.3 Å². The van der Waals surface area contributed by atoms with E-state index in [1.165, 1.54) is 5.56 Å². The van der Waals surface area contributed by atoms with E-state index in [0.29, 0.717) is 6.42 Å². The molecule has 1 aromatic heterocycles. The Morgan fingerprint density at radius 3 is 2.97 bits per heavy atom. The second-order valence-corrected chi connectivity index (χ2v) is 9.05. The summed E-state index contributed by atoms with van der Waals surface area (Å²) in [4.78, 5) is 40.9. The van der Waals surface area contributed by atoms with Crippen LogP contribution in [0.25, 0.3) is 0 Å². The van der Waals surface area contributed by atoms with Gasteiger partial charge in [-0.2, -0.15) is 0 Å². The van der Waals surface area contributed by atoms with Crippen LogP contribution in [0.5, 0.6) is 0 Å². The number of rotatable bonds is 3. The molecule has 2 N–H and O–H groups in total. The van der Waals surface area contributed by atoms with E-state index in [-0.39, 0.29) is 24.4 Å². The third kappa shape index (κ3) is 2.95. The number of hydrogen-bond donors (Lipinski definition) is 2. The van der Waals surface area contributed by atoms with Crippen LogP contribution >= 0.6 is 11.3 Å². The summed E-state index contributed by atoms with van der Waals surface area (Å²) in [5, 5.41) is 7.90. The second kappa shape index (κ2) is 6.99. The van der Waals surface area contributed by atoms with E-state index in [9.17, 15) is 14.4 Å². The summed E-state index contributed by atoms with van der Waals surface area (Å²) in [5.74, 6) is -0.602. The Kier molecular flexibility index (Phi) is 4.42. The van der Waals surface area contributed by atoms with Crippen molar-refractivity contribution in [3.63, 3.8) is 0 Å². The monoisotopic (exact) mass is 409 g/mol. The largest absolute Gasteiger partial charge is 0.348 e. The smallest absolute Gasteiger partial charge is 0.325 e. The summed E-state index contributed by atoms with van der Waals surface area (Å²) < 4.78 is 0. The molecule has 1 aliphatic heterocycles. The van der Waals surface area contributed by atoms with Crippen molar-refractivity contribution in [2.45, 2.75) is 50.1 Å². The summed E-state index contributed by atoms with van der Waals surface area (Å²) in [7, 11) is 0. The molecule has 0 radical (unpaired) electrons. The minimum absolute atomic E-state index is 0.0691. The number of hydrogen-bond acceptors (Lipinski definition) is 4. The summed E-state index contributed by atoms with van der Waals surface area (Å²) in [6.07, 6.45) is 5.24. The minimum atomic E-state index is -0.998. The lowest BCUT2D eigenvalue weighted by Gasteiger charge is -2.31. The molecule has 0 saturated carbocycles. The van der Waals surface area contributed by atoms with Crippen LogP contribution in [0.4, 0.5) is 4.79 Å². The molecule has 4 amide bonds. The van der Waals surface area contributed by atoms with E-state index in [0.717, 1.165) is 53.0 Å². The van der Waals surface area contributed by atoms with Gasteiger partial charge in [0.05, 0.1) is 6.04 Å². The van der Waals surface area contributed by atoms with Crippen molar-refractivity contribution in [1.82, 2.24) is 15.5 Å². The van der Waals surface area contributed by atoms with E-state index in [1.54, 1.807) is 11.3 Å². The van der Waals surface area contributed by atoms with Crippen LogP contribution in [0.15, 0.2) is 35.7 Å². The molecule has 3 aliphatic rings. The molecule has 2 atom stereocenters. The number of amides is 4. The molecule has 6 nitrogen and oxygen atoms in total. The summed E-state index contributed by atoms with van der Waals surface area (Å²) in [6, 6.07) is 9.51. The van der Waals surface area contributed by atoms with Crippen molar-refractivity contribution >= 4 is 29.2 Å². The van der Waals surface area contributed by atoms with Gasteiger partial charge in [0.1, 0.15) is 12.1 Å². The lowest BCUT2D eigenvalue weighted by Crippen LogP contribution is -2.47. The fraction of sp³-hybridized carbons (Fsp3) is 0.409. The highest BCUT2D eigenvalue weighted by Crippen LogP contribution is 2.42.